The van der Waals surface area contributed by atoms with Crippen molar-refractivity contribution in [1.29, 1.82) is 0 Å². The lowest BCUT2D eigenvalue weighted by molar-refractivity contribution is -0.00234. The van der Waals surface area contributed by atoms with Crippen LogP contribution in [-0.4, -0.2) is 36.8 Å². The zero-order chi connectivity index (χ0) is 23.3. The quantitative estimate of drug-likeness (QED) is 0.451. The number of likely N-dealkylation sites (tertiary alicyclic amines) is 1. The van der Waals surface area contributed by atoms with Crippen molar-refractivity contribution < 1.29 is 19.0 Å². The molecular weight excluding hydrogens is 449 g/mol. The van der Waals surface area contributed by atoms with E-state index in [9.17, 15) is 4.79 Å². The maximum absolute atomic E-state index is 12.3. The Labute approximate surface area is 200 Å². The first kappa shape index (κ1) is 24.7. The number of carbonyl (C=O) groups is 1. The van der Waals surface area contributed by atoms with Gasteiger partial charge in [0, 0.05) is 25.2 Å². The summed E-state index contributed by atoms with van der Waals surface area (Å²) < 4.78 is 17.3. The lowest BCUT2D eigenvalue weighted by Crippen LogP contribution is -2.42. The number of carbonyl (C=O) groups excluding carboxylic acids is 1. The van der Waals surface area contributed by atoms with E-state index in [0.717, 1.165) is 24.0 Å². The molecule has 0 saturated carbocycles. The molecule has 0 spiro atoms. The third-order valence-corrected chi connectivity index (χ3v) is 5.97. The highest BCUT2D eigenvalue weighted by Gasteiger charge is 2.31. The highest BCUT2D eigenvalue weighted by Crippen LogP contribution is 2.34. The van der Waals surface area contributed by atoms with Crippen molar-refractivity contribution in [1.82, 2.24) is 4.90 Å². The van der Waals surface area contributed by atoms with E-state index in [1.54, 1.807) is 30.2 Å². The van der Waals surface area contributed by atoms with Gasteiger partial charge in [-0.3, -0.25) is 0 Å². The van der Waals surface area contributed by atoms with Crippen LogP contribution in [0.4, 0.5) is 4.79 Å². The largest absolute Gasteiger partial charge is 0.487 e. The van der Waals surface area contributed by atoms with Crippen LogP contribution in [0, 0.1) is 5.92 Å². The molecule has 1 fully saturated rings. The molecule has 1 atom stereocenters. The molecule has 0 aliphatic carbocycles. The number of rotatable bonds is 6. The van der Waals surface area contributed by atoms with E-state index < -0.39 is 5.60 Å². The minimum Gasteiger partial charge on any atom is -0.487 e. The standard InChI is InChI=1S/C25H31Cl2NO4/c1-25(2,3)32-24(29)28-12-10-18(11-13-28)23(30-4)19-7-5-6-17(14-19)16-31-22-9-8-20(26)15-21(22)27/h5-9,14-15,18,23H,10-13,16H2,1-4H3. The summed E-state index contributed by atoms with van der Waals surface area (Å²) >= 11 is 12.2. The highest BCUT2D eigenvalue weighted by atomic mass is 35.5. The molecule has 0 radical (unpaired) electrons. The minimum atomic E-state index is -0.484. The van der Waals surface area contributed by atoms with Crippen molar-refractivity contribution in [2.45, 2.75) is 51.9 Å². The summed E-state index contributed by atoms with van der Waals surface area (Å²) in [5, 5.41) is 1.06. The third kappa shape index (κ3) is 6.77. The minimum absolute atomic E-state index is 0.0464. The predicted molar refractivity (Wildman–Crippen MR) is 128 cm³/mol. The summed E-state index contributed by atoms with van der Waals surface area (Å²) in [5.74, 6) is 0.917. The van der Waals surface area contributed by atoms with Crippen LogP contribution in [0.15, 0.2) is 42.5 Å². The van der Waals surface area contributed by atoms with Gasteiger partial charge in [0.15, 0.2) is 0 Å². The van der Waals surface area contributed by atoms with Crippen molar-refractivity contribution >= 4 is 29.3 Å². The summed E-state index contributed by atoms with van der Waals surface area (Å²) in [4.78, 5) is 14.1. The van der Waals surface area contributed by atoms with Crippen LogP contribution in [-0.2, 0) is 16.1 Å². The van der Waals surface area contributed by atoms with Gasteiger partial charge in [-0.15, -0.1) is 0 Å². The first-order chi connectivity index (χ1) is 15.2. The van der Waals surface area contributed by atoms with Gasteiger partial charge in [0.2, 0.25) is 0 Å². The summed E-state index contributed by atoms with van der Waals surface area (Å²) in [6.07, 6.45) is 1.43. The zero-order valence-corrected chi connectivity index (χ0v) is 20.6. The summed E-state index contributed by atoms with van der Waals surface area (Å²) in [6, 6.07) is 13.4. The number of hydrogen-bond acceptors (Lipinski definition) is 4. The Hall–Kier alpha value is -1.95. The molecule has 0 N–H and O–H groups in total. The number of benzene rings is 2. The van der Waals surface area contributed by atoms with Crippen LogP contribution in [0.2, 0.25) is 10.0 Å². The average molecular weight is 480 g/mol. The zero-order valence-electron chi connectivity index (χ0n) is 19.1. The molecule has 32 heavy (non-hydrogen) atoms. The molecule has 2 aromatic rings. The van der Waals surface area contributed by atoms with E-state index >= 15 is 0 Å². The first-order valence-electron chi connectivity index (χ1n) is 10.8. The predicted octanol–water partition coefficient (Wildman–Crippen LogP) is 6.91. The van der Waals surface area contributed by atoms with Crippen molar-refractivity contribution in [3.05, 3.63) is 63.6 Å². The van der Waals surface area contributed by atoms with Crippen LogP contribution in [0.3, 0.4) is 0 Å². The van der Waals surface area contributed by atoms with E-state index in [1.807, 2.05) is 32.9 Å². The number of amides is 1. The molecule has 2 aromatic carbocycles. The van der Waals surface area contributed by atoms with E-state index in [-0.39, 0.29) is 12.2 Å². The molecule has 3 rings (SSSR count). The smallest absolute Gasteiger partial charge is 0.410 e. The van der Waals surface area contributed by atoms with Crippen molar-refractivity contribution in [2.75, 3.05) is 20.2 Å². The van der Waals surface area contributed by atoms with E-state index in [1.165, 1.54) is 0 Å². The molecule has 0 aromatic heterocycles. The number of hydrogen-bond donors (Lipinski definition) is 0. The Morgan fingerprint density at radius 1 is 1.12 bits per heavy atom. The Bertz CT molecular complexity index is 920. The molecule has 1 amide bonds. The molecule has 1 heterocycles. The number of methoxy groups -OCH3 is 1. The van der Waals surface area contributed by atoms with Gasteiger partial charge < -0.3 is 19.1 Å². The van der Waals surface area contributed by atoms with Gasteiger partial charge in [-0.2, -0.15) is 0 Å². The van der Waals surface area contributed by atoms with E-state index in [4.69, 9.17) is 37.4 Å². The molecular formula is C25H31Cl2NO4. The molecule has 1 saturated heterocycles. The Morgan fingerprint density at radius 2 is 1.84 bits per heavy atom. The maximum Gasteiger partial charge on any atom is 0.410 e. The molecule has 5 nitrogen and oxygen atoms in total. The Balaban J connectivity index is 1.61. The van der Waals surface area contributed by atoms with Gasteiger partial charge in [0.05, 0.1) is 11.1 Å². The fourth-order valence-electron chi connectivity index (χ4n) is 3.93. The number of piperidine rings is 1. The maximum atomic E-state index is 12.3. The fourth-order valence-corrected chi connectivity index (χ4v) is 4.39. The van der Waals surface area contributed by atoms with Crippen LogP contribution in [0.25, 0.3) is 0 Å². The van der Waals surface area contributed by atoms with Crippen LogP contribution >= 0.6 is 23.2 Å². The second-order valence-corrected chi connectivity index (χ2v) is 9.91. The van der Waals surface area contributed by atoms with Crippen molar-refractivity contribution in [3.63, 3.8) is 0 Å². The molecule has 1 aliphatic rings. The Morgan fingerprint density at radius 3 is 2.47 bits per heavy atom. The number of halogens is 2. The molecule has 1 aliphatic heterocycles. The van der Waals surface area contributed by atoms with Crippen LogP contribution < -0.4 is 4.74 Å². The van der Waals surface area contributed by atoms with E-state index in [0.29, 0.717) is 41.4 Å². The lowest BCUT2D eigenvalue weighted by Gasteiger charge is -2.36. The first-order valence-corrected chi connectivity index (χ1v) is 11.6. The summed E-state index contributed by atoms with van der Waals surface area (Å²) in [6.45, 7) is 7.37. The summed E-state index contributed by atoms with van der Waals surface area (Å²) in [7, 11) is 1.74. The van der Waals surface area contributed by atoms with Gasteiger partial charge in [0.1, 0.15) is 18.0 Å². The average Bonchev–Trinajstić information content (AvgIpc) is 2.73. The Kier molecular flexibility index (Phi) is 8.32. The fraction of sp³-hybridized carbons (Fsp3) is 0.480. The van der Waals surface area contributed by atoms with Crippen molar-refractivity contribution in [3.8, 4) is 5.75 Å². The van der Waals surface area contributed by atoms with Crippen LogP contribution in [0.1, 0.15) is 50.8 Å². The number of ether oxygens (including phenoxy) is 3. The molecule has 0 bridgehead atoms. The van der Waals surface area contributed by atoms with Gasteiger partial charge in [-0.1, -0.05) is 41.4 Å². The monoisotopic (exact) mass is 479 g/mol. The topological polar surface area (TPSA) is 48.0 Å². The van der Waals surface area contributed by atoms with E-state index in [2.05, 4.69) is 12.1 Å². The van der Waals surface area contributed by atoms with Crippen molar-refractivity contribution in [2.24, 2.45) is 5.92 Å². The second-order valence-electron chi connectivity index (χ2n) is 9.07. The van der Waals surface area contributed by atoms with Gasteiger partial charge >= 0.3 is 6.09 Å². The second kappa shape index (κ2) is 10.8. The normalized spacial score (nSPS) is 16.0. The number of nitrogens with zero attached hydrogens (tertiary/aromatic N) is 1. The molecule has 1 unspecified atom stereocenters. The van der Waals surface area contributed by atoms with Gasteiger partial charge in [0.25, 0.3) is 0 Å². The van der Waals surface area contributed by atoms with Crippen LogP contribution in [0.5, 0.6) is 5.75 Å². The highest BCUT2D eigenvalue weighted by molar-refractivity contribution is 6.35. The molecule has 7 heteroatoms. The van der Waals surface area contributed by atoms with Gasteiger partial charge in [-0.25, -0.2) is 4.79 Å². The molecule has 174 valence electrons. The lowest BCUT2D eigenvalue weighted by atomic mass is 9.87. The third-order valence-electron chi connectivity index (χ3n) is 5.44. The SMILES string of the molecule is COC(c1cccc(COc2ccc(Cl)cc2Cl)c1)C1CCN(C(=O)OC(C)(C)C)CC1. The van der Waals surface area contributed by atoms with Gasteiger partial charge in [-0.05, 0) is 74.9 Å². The summed E-state index contributed by atoms with van der Waals surface area (Å²) in [5.41, 5.74) is 1.65.